The van der Waals surface area contributed by atoms with Crippen LogP contribution in [0.4, 0.5) is 5.69 Å². The number of nitrogens with one attached hydrogen (secondary N) is 2. The smallest absolute Gasteiger partial charge is 0.203 e. The van der Waals surface area contributed by atoms with Crippen molar-refractivity contribution in [2.45, 2.75) is 0 Å². The molecule has 0 unspecified atom stereocenters. The van der Waals surface area contributed by atoms with E-state index in [9.17, 15) is 4.79 Å². The molecule has 4 aromatic rings. The Hall–Kier alpha value is -4.45. The summed E-state index contributed by atoms with van der Waals surface area (Å²) in [6.07, 6.45) is 8.92. The molecule has 0 aliphatic heterocycles. The summed E-state index contributed by atoms with van der Waals surface area (Å²) in [4.78, 5) is 15.7. The molecule has 0 amide bonds. The topological polar surface area (TPSA) is 72.6 Å². The Bertz CT molecular complexity index is 1330. The molecule has 0 atom stereocenters. The van der Waals surface area contributed by atoms with Crippen LogP contribution in [0.1, 0.15) is 21.5 Å². The Kier molecular flexibility index (Phi) is 6.98. The Morgan fingerprint density at radius 2 is 1.53 bits per heavy atom. The van der Waals surface area contributed by atoms with Gasteiger partial charge in [-0.1, -0.05) is 42.5 Å². The fourth-order valence-electron chi connectivity index (χ4n) is 3.66. The minimum absolute atomic E-state index is 0.0603. The number of ketones is 1. The highest BCUT2D eigenvalue weighted by atomic mass is 16.5. The van der Waals surface area contributed by atoms with Crippen molar-refractivity contribution in [1.82, 2.24) is 4.98 Å². The van der Waals surface area contributed by atoms with Gasteiger partial charge in [0.05, 0.1) is 21.3 Å². The zero-order valence-corrected chi connectivity index (χ0v) is 19.3. The van der Waals surface area contributed by atoms with Crippen LogP contribution in [0.3, 0.4) is 0 Å². The van der Waals surface area contributed by atoms with Crippen LogP contribution in [0.25, 0.3) is 23.1 Å². The molecule has 6 nitrogen and oxygen atoms in total. The van der Waals surface area contributed by atoms with Gasteiger partial charge < -0.3 is 24.5 Å². The first-order chi connectivity index (χ1) is 16.6. The van der Waals surface area contributed by atoms with Crippen LogP contribution in [-0.2, 0) is 0 Å². The Balaban J connectivity index is 1.40. The maximum atomic E-state index is 12.5. The van der Waals surface area contributed by atoms with Crippen LogP contribution in [0.15, 0.2) is 79.1 Å². The highest BCUT2D eigenvalue weighted by Crippen LogP contribution is 2.38. The molecule has 0 saturated carbocycles. The molecule has 0 bridgehead atoms. The van der Waals surface area contributed by atoms with Crippen molar-refractivity contribution < 1.29 is 19.0 Å². The van der Waals surface area contributed by atoms with E-state index in [0.29, 0.717) is 22.8 Å². The zero-order chi connectivity index (χ0) is 23.9. The number of fused-ring (bicyclic) bond motifs is 1. The molecule has 6 heteroatoms. The van der Waals surface area contributed by atoms with Gasteiger partial charge in [-0.15, -0.1) is 0 Å². The third kappa shape index (κ3) is 4.96. The third-order valence-corrected chi connectivity index (χ3v) is 5.41. The van der Waals surface area contributed by atoms with Crippen LogP contribution >= 0.6 is 0 Å². The summed E-state index contributed by atoms with van der Waals surface area (Å²) >= 11 is 0. The number of para-hydroxylation sites is 1. The number of ether oxygens (including phenoxy) is 3. The van der Waals surface area contributed by atoms with Crippen LogP contribution in [0.5, 0.6) is 17.2 Å². The molecule has 0 aliphatic carbocycles. The van der Waals surface area contributed by atoms with Crippen molar-refractivity contribution >= 4 is 34.5 Å². The Labute approximate surface area is 198 Å². The minimum Gasteiger partial charge on any atom is -0.493 e. The lowest BCUT2D eigenvalue weighted by Crippen LogP contribution is -1.95. The van der Waals surface area contributed by atoms with Gasteiger partial charge in [0, 0.05) is 40.6 Å². The molecule has 4 rings (SSSR count). The highest BCUT2D eigenvalue weighted by Gasteiger charge is 2.12. The van der Waals surface area contributed by atoms with E-state index in [4.69, 9.17) is 14.2 Å². The first-order valence-corrected chi connectivity index (χ1v) is 10.7. The number of anilines is 1. The SMILES string of the molecule is COc1cc(/C=C/c2ccc(N/C=C\C(=O)c3c[nH]c4ccccc34)cc2)cc(OC)c1OC. The molecule has 0 saturated heterocycles. The van der Waals surface area contributed by atoms with Crippen molar-refractivity contribution in [2.75, 3.05) is 26.6 Å². The summed E-state index contributed by atoms with van der Waals surface area (Å²) in [7, 11) is 4.77. The summed E-state index contributed by atoms with van der Waals surface area (Å²) < 4.78 is 16.2. The van der Waals surface area contributed by atoms with E-state index in [-0.39, 0.29) is 5.78 Å². The van der Waals surface area contributed by atoms with E-state index < -0.39 is 0 Å². The lowest BCUT2D eigenvalue weighted by atomic mass is 10.1. The third-order valence-electron chi connectivity index (χ3n) is 5.41. The van der Waals surface area contributed by atoms with Crippen LogP contribution < -0.4 is 19.5 Å². The molecule has 0 radical (unpaired) electrons. The van der Waals surface area contributed by atoms with Gasteiger partial charge in [0.2, 0.25) is 5.75 Å². The fraction of sp³-hybridized carbons (Fsp3) is 0.107. The summed E-state index contributed by atoms with van der Waals surface area (Å²) in [5, 5.41) is 4.06. The number of H-pyrrole nitrogens is 1. The van der Waals surface area contributed by atoms with Crippen LogP contribution in [0.2, 0.25) is 0 Å². The maximum Gasteiger partial charge on any atom is 0.203 e. The molecular formula is C28H26N2O4. The second-order valence-corrected chi connectivity index (χ2v) is 7.50. The van der Waals surface area contributed by atoms with Gasteiger partial charge in [-0.2, -0.15) is 0 Å². The van der Waals surface area contributed by atoms with Gasteiger partial charge in [-0.25, -0.2) is 0 Å². The first-order valence-electron chi connectivity index (χ1n) is 10.7. The normalized spacial score (nSPS) is 11.3. The number of aromatic amines is 1. The van der Waals surface area contributed by atoms with Gasteiger partial charge in [0.1, 0.15) is 0 Å². The standard InChI is InChI=1S/C28H26N2O4/c1-32-26-16-20(17-27(33-2)28(26)34-3)9-8-19-10-12-21(13-11-19)29-15-14-25(31)23-18-30-24-7-5-4-6-22(23)24/h4-18,29-30H,1-3H3/b9-8+,15-14-. The average Bonchev–Trinajstić information content (AvgIpc) is 3.31. The van der Waals surface area contributed by atoms with Gasteiger partial charge in [0.25, 0.3) is 0 Å². The number of hydrogen-bond donors (Lipinski definition) is 2. The molecule has 0 fully saturated rings. The van der Waals surface area contributed by atoms with E-state index in [1.54, 1.807) is 33.7 Å². The molecule has 0 aliphatic rings. The molecule has 34 heavy (non-hydrogen) atoms. The molecular weight excluding hydrogens is 428 g/mol. The van der Waals surface area contributed by atoms with Gasteiger partial charge in [-0.05, 0) is 41.5 Å². The first kappa shape index (κ1) is 22.7. The van der Waals surface area contributed by atoms with Crippen molar-refractivity contribution in [3.8, 4) is 17.2 Å². The predicted molar refractivity (Wildman–Crippen MR) is 137 cm³/mol. The second-order valence-electron chi connectivity index (χ2n) is 7.50. The van der Waals surface area contributed by atoms with Crippen molar-refractivity contribution in [3.05, 3.63) is 95.8 Å². The number of hydrogen-bond acceptors (Lipinski definition) is 5. The molecule has 1 heterocycles. The number of carbonyl (C=O) groups excluding carboxylic acids is 1. The Morgan fingerprint density at radius 3 is 2.21 bits per heavy atom. The number of benzene rings is 3. The van der Waals surface area contributed by atoms with Crippen molar-refractivity contribution in [2.24, 2.45) is 0 Å². The van der Waals surface area contributed by atoms with Crippen molar-refractivity contribution in [1.29, 1.82) is 0 Å². The number of aromatic nitrogens is 1. The van der Waals surface area contributed by atoms with E-state index in [1.807, 2.05) is 72.8 Å². The van der Waals surface area contributed by atoms with E-state index >= 15 is 0 Å². The lowest BCUT2D eigenvalue weighted by molar-refractivity contribution is 0.104. The molecule has 0 spiro atoms. The fourth-order valence-corrected chi connectivity index (χ4v) is 3.66. The summed E-state index contributed by atoms with van der Waals surface area (Å²) in [6.45, 7) is 0. The monoisotopic (exact) mass is 454 g/mol. The summed E-state index contributed by atoms with van der Waals surface area (Å²) in [5.74, 6) is 1.72. The van der Waals surface area contributed by atoms with Gasteiger partial charge >= 0.3 is 0 Å². The Morgan fingerprint density at radius 1 is 0.853 bits per heavy atom. The van der Waals surface area contributed by atoms with Gasteiger partial charge in [-0.3, -0.25) is 4.79 Å². The molecule has 2 N–H and O–H groups in total. The predicted octanol–water partition coefficient (Wildman–Crippen LogP) is 6.17. The van der Waals surface area contributed by atoms with E-state index in [1.165, 1.54) is 6.08 Å². The molecule has 1 aromatic heterocycles. The quantitative estimate of drug-likeness (QED) is 0.180. The zero-order valence-electron chi connectivity index (χ0n) is 19.3. The number of carbonyl (C=O) groups is 1. The van der Waals surface area contributed by atoms with Crippen molar-refractivity contribution in [3.63, 3.8) is 0 Å². The highest BCUT2D eigenvalue weighted by molar-refractivity contribution is 6.13. The average molecular weight is 455 g/mol. The number of methoxy groups -OCH3 is 3. The van der Waals surface area contributed by atoms with Gasteiger partial charge in [0.15, 0.2) is 17.3 Å². The molecule has 172 valence electrons. The maximum absolute atomic E-state index is 12.5. The van der Waals surface area contributed by atoms with Crippen LogP contribution in [0, 0.1) is 0 Å². The molecule has 3 aromatic carbocycles. The second kappa shape index (κ2) is 10.4. The van der Waals surface area contributed by atoms with E-state index in [2.05, 4.69) is 10.3 Å². The lowest BCUT2D eigenvalue weighted by Gasteiger charge is -2.12. The van der Waals surface area contributed by atoms with Crippen LogP contribution in [-0.4, -0.2) is 32.1 Å². The largest absolute Gasteiger partial charge is 0.493 e. The van der Waals surface area contributed by atoms with E-state index in [0.717, 1.165) is 27.7 Å². The summed E-state index contributed by atoms with van der Waals surface area (Å²) in [5.41, 5.74) is 4.43. The number of allylic oxidation sites excluding steroid dienone is 1. The minimum atomic E-state index is -0.0603. The number of rotatable bonds is 9. The summed E-state index contributed by atoms with van der Waals surface area (Å²) in [6, 6.07) is 19.4.